The molecule has 3 heteroatoms. The van der Waals surface area contributed by atoms with E-state index in [1.807, 2.05) is 0 Å². The summed E-state index contributed by atoms with van der Waals surface area (Å²) in [5.41, 5.74) is 0.463. The molecule has 0 unspecified atom stereocenters. The molecule has 3 nitrogen and oxygen atoms in total. The van der Waals surface area contributed by atoms with Crippen molar-refractivity contribution in [2.75, 3.05) is 0 Å². The van der Waals surface area contributed by atoms with E-state index in [0.717, 1.165) is 0 Å². The Morgan fingerprint density at radius 3 is 2.62 bits per heavy atom. The number of nitrogens with one attached hydrogen (secondary N) is 1. The summed E-state index contributed by atoms with van der Waals surface area (Å²) in [6, 6.07) is 1.49. The van der Waals surface area contributed by atoms with Gasteiger partial charge in [-0.2, -0.15) is 0 Å². The summed E-state index contributed by atoms with van der Waals surface area (Å²) in [6.45, 7) is -0.140. The molecule has 0 aliphatic rings. The van der Waals surface area contributed by atoms with Gasteiger partial charge in [0.1, 0.15) is 5.75 Å². The third-order valence-corrected chi connectivity index (χ3v) is 0.966. The molecule has 0 atom stereocenters. The van der Waals surface area contributed by atoms with Crippen molar-refractivity contribution in [3.63, 3.8) is 0 Å². The zero-order valence-corrected chi connectivity index (χ0v) is 4.26. The molecule has 0 radical (unpaired) electrons. The predicted octanol–water partition coefficient (Wildman–Crippen LogP) is 0.213. The lowest BCUT2D eigenvalue weighted by Gasteiger charge is -1.87. The van der Waals surface area contributed by atoms with Gasteiger partial charge in [0.05, 0.1) is 12.3 Å². The normalized spacial score (nSPS) is 9.62. The molecule has 1 aromatic rings. The minimum absolute atomic E-state index is 0.118. The van der Waals surface area contributed by atoms with Gasteiger partial charge < -0.3 is 15.2 Å². The highest BCUT2D eigenvalue weighted by Crippen LogP contribution is 2.12. The number of hydrogen-bond donors (Lipinski definition) is 3. The van der Waals surface area contributed by atoms with Crippen LogP contribution in [0.25, 0.3) is 0 Å². The lowest BCUT2D eigenvalue weighted by Crippen LogP contribution is -1.80. The van der Waals surface area contributed by atoms with Gasteiger partial charge in [0.2, 0.25) is 0 Å². The second-order valence-electron chi connectivity index (χ2n) is 1.50. The summed E-state index contributed by atoms with van der Waals surface area (Å²) in [7, 11) is 0. The number of aliphatic hydroxyl groups is 1. The van der Waals surface area contributed by atoms with Crippen LogP contribution < -0.4 is 0 Å². The van der Waals surface area contributed by atoms with E-state index in [1.165, 1.54) is 6.07 Å². The van der Waals surface area contributed by atoms with Crippen molar-refractivity contribution in [3.8, 4) is 5.75 Å². The highest BCUT2D eigenvalue weighted by Gasteiger charge is 1.95. The van der Waals surface area contributed by atoms with Gasteiger partial charge in [-0.15, -0.1) is 0 Å². The number of aromatic amines is 1. The van der Waals surface area contributed by atoms with Crippen LogP contribution in [0.2, 0.25) is 0 Å². The first-order chi connectivity index (χ1) is 3.84. The van der Waals surface area contributed by atoms with E-state index in [1.54, 1.807) is 6.20 Å². The van der Waals surface area contributed by atoms with Crippen LogP contribution >= 0.6 is 0 Å². The lowest BCUT2D eigenvalue weighted by atomic mass is 10.4. The Kier molecular flexibility index (Phi) is 1.22. The Morgan fingerprint density at radius 1 is 1.62 bits per heavy atom. The number of hydrogen-bond acceptors (Lipinski definition) is 2. The molecular formula is C5H7NO2. The van der Waals surface area contributed by atoms with Crippen molar-refractivity contribution in [2.45, 2.75) is 6.61 Å². The largest absolute Gasteiger partial charge is 0.506 e. The van der Waals surface area contributed by atoms with Crippen LogP contribution in [0.1, 0.15) is 5.69 Å². The summed E-state index contributed by atoms with van der Waals surface area (Å²) in [4.78, 5) is 2.66. The summed E-state index contributed by atoms with van der Waals surface area (Å²) < 4.78 is 0. The van der Waals surface area contributed by atoms with Gasteiger partial charge in [-0.1, -0.05) is 0 Å². The minimum atomic E-state index is -0.140. The fourth-order valence-electron chi connectivity index (χ4n) is 0.522. The highest BCUT2D eigenvalue weighted by atomic mass is 16.3. The van der Waals surface area contributed by atoms with Crippen molar-refractivity contribution in [1.82, 2.24) is 4.98 Å². The molecule has 8 heavy (non-hydrogen) atoms. The maximum absolute atomic E-state index is 8.76. The summed E-state index contributed by atoms with van der Waals surface area (Å²) in [5.74, 6) is 0.118. The molecule has 0 aliphatic heterocycles. The van der Waals surface area contributed by atoms with E-state index >= 15 is 0 Å². The summed E-state index contributed by atoms with van der Waals surface area (Å²) in [5, 5.41) is 17.2. The number of aromatic nitrogens is 1. The molecule has 0 saturated carbocycles. The van der Waals surface area contributed by atoms with E-state index in [4.69, 9.17) is 10.2 Å². The van der Waals surface area contributed by atoms with Crippen LogP contribution in [0.15, 0.2) is 12.3 Å². The second kappa shape index (κ2) is 1.88. The first kappa shape index (κ1) is 5.18. The van der Waals surface area contributed by atoms with Crippen LogP contribution in [0.4, 0.5) is 0 Å². The van der Waals surface area contributed by atoms with Crippen LogP contribution in [0.3, 0.4) is 0 Å². The zero-order valence-electron chi connectivity index (χ0n) is 4.26. The van der Waals surface area contributed by atoms with Crippen LogP contribution in [0, 0.1) is 0 Å². The first-order valence-corrected chi connectivity index (χ1v) is 2.30. The standard InChI is InChI=1S/C5H7NO2/c7-3-4-5(8)1-2-6-4/h1-2,6-8H,3H2. The van der Waals surface area contributed by atoms with E-state index in [-0.39, 0.29) is 12.4 Å². The van der Waals surface area contributed by atoms with Crippen LogP contribution in [-0.4, -0.2) is 15.2 Å². The number of H-pyrrole nitrogens is 1. The van der Waals surface area contributed by atoms with Crippen molar-refractivity contribution in [2.24, 2.45) is 0 Å². The molecule has 1 aromatic heterocycles. The van der Waals surface area contributed by atoms with Gasteiger partial charge in [0.25, 0.3) is 0 Å². The Morgan fingerprint density at radius 2 is 2.38 bits per heavy atom. The molecule has 0 amide bonds. The Bertz CT molecular complexity index is 171. The first-order valence-electron chi connectivity index (χ1n) is 2.30. The van der Waals surface area contributed by atoms with Crippen molar-refractivity contribution >= 4 is 0 Å². The molecule has 0 aromatic carbocycles. The van der Waals surface area contributed by atoms with Crippen molar-refractivity contribution in [1.29, 1.82) is 0 Å². The maximum atomic E-state index is 8.76. The smallest absolute Gasteiger partial charge is 0.138 e. The second-order valence-corrected chi connectivity index (χ2v) is 1.50. The van der Waals surface area contributed by atoms with Gasteiger partial charge in [-0.05, 0) is 6.07 Å². The van der Waals surface area contributed by atoms with Gasteiger partial charge in [0.15, 0.2) is 0 Å². The Hall–Kier alpha value is -0.960. The molecule has 0 spiro atoms. The quantitative estimate of drug-likeness (QED) is 0.487. The van der Waals surface area contributed by atoms with Crippen molar-refractivity contribution < 1.29 is 10.2 Å². The fraction of sp³-hybridized carbons (Fsp3) is 0.200. The third kappa shape index (κ3) is 0.675. The van der Waals surface area contributed by atoms with Crippen LogP contribution in [-0.2, 0) is 6.61 Å². The average Bonchev–Trinajstić information content (AvgIpc) is 2.14. The molecule has 3 N–H and O–H groups in total. The number of rotatable bonds is 1. The zero-order chi connectivity index (χ0) is 5.98. The Labute approximate surface area is 46.6 Å². The maximum Gasteiger partial charge on any atom is 0.138 e. The Balaban J connectivity index is 2.92. The lowest BCUT2D eigenvalue weighted by molar-refractivity contribution is 0.271. The molecule has 0 aliphatic carbocycles. The summed E-state index contributed by atoms with van der Waals surface area (Å²) >= 11 is 0. The molecule has 1 rings (SSSR count). The van der Waals surface area contributed by atoms with E-state index < -0.39 is 0 Å². The molecule has 0 fully saturated rings. The fourth-order valence-corrected chi connectivity index (χ4v) is 0.522. The highest BCUT2D eigenvalue weighted by molar-refractivity contribution is 5.24. The van der Waals surface area contributed by atoms with E-state index in [9.17, 15) is 0 Å². The summed E-state index contributed by atoms with van der Waals surface area (Å²) in [6.07, 6.45) is 1.57. The SMILES string of the molecule is OCc1[nH]ccc1O. The topological polar surface area (TPSA) is 56.2 Å². The predicted molar refractivity (Wildman–Crippen MR) is 28.4 cm³/mol. The number of aliphatic hydroxyl groups excluding tert-OH is 1. The monoisotopic (exact) mass is 113 g/mol. The molecular weight excluding hydrogens is 106 g/mol. The van der Waals surface area contributed by atoms with E-state index in [0.29, 0.717) is 5.69 Å². The molecule has 44 valence electrons. The number of aromatic hydroxyl groups is 1. The van der Waals surface area contributed by atoms with Gasteiger partial charge in [0, 0.05) is 6.20 Å². The average molecular weight is 113 g/mol. The molecule has 0 bridgehead atoms. The third-order valence-electron chi connectivity index (χ3n) is 0.966. The van der Waals surface area contributed by atoms with Crippen molar-refractivity contribution in [3.05, 3.63) is 18.0 Å². The van der Waals surface area contributed by atoms with Gasteiger partial charge in [-0.25, -0.2) is 0 Å². The van der Waals surface area contributed by atoms with Gasteiger partial charge >= 0.3 is 0 Å². The molecule has 0 saturated heterocycles. The molecule has 1 heterocycles. The minimum Gasteiger partial charge on any atom is -0.506 e. The van der Waals surface area contributed by atoms with Gasteiger partial charge in [-0.3, -0.25) is 0 Å². The van der Waals surface area contributed by atoms with Crippen LogP contribution in [0.5, 0.6) is 5.75 Å². The van der Waals surface area contributed by atoms with E-state index in [2.05, 4.69) is 4.98 Å².